The molecule has 2 rings (SSSR count). The highest BCUT2D eigenvalue weighted by atomic mass is 16.3. The molecule has 0 atom stereocenters. The van der Waals surface area contributed by atoms with Gasteiger partial charge in [0.25, 0.3) is 0 Å². The maximum atomic E-state index is 9.27. The summed E-state index contributed by atoms with van der Waals surface area (Å²) >= 11 is 0. The zero-order valence-corrected chi connectivity index (χ0v) is 11.1. The molecule has 0 radical (unpaired) electrons. The number of hydrogen-bond donors (Lipinski definition) is 3. The van der Waals surface area contributed by atoms with Crippen LogP contribution in [0.15, 0.2) is 6.33 Å². The fourth-order valence-electron chi connectivity index (χ4n) is 2.33. The lowest BCUT2D eigenvalue weighted by atomic mass is 9.82. The van der Waals surface area contributed by atoms with E-state index in [0.717, 1.165) is 49.6 Å². The van der Waals surface area contributed by atoms with Crippen molar-refractivity contribution in [3.63, 3.8) is 0 Å². The van der Waals surface area contributed by atoms with Gasteiger partial charge in [-0.3, -0.25) is 0 Å². The van der Waals surface area contributed by atoms with Crippen LogP contribution in [0.3, 0.4) is 0 Å². The lowest BCUT2D eigenvalue weighted by molar-refractivity contribution is 0.0486. The van der Waals surface area contributed by atoms with Crippen molar-refractivity contribution in [1.82, 2.24) is 9.97 Å². The fourth-order valence-corrected chi connectivity index (χ4v) is 2.33. The van der Waals surface area contributed by atoms with Gasteiger partial charge in [0.15, 0.2) is 0 Å². The Labute approximate surface area is 108 Å². The first-order valence-electron chi connectivity index (χ1n) is 6.74. The van der Waals surface area contributed by atoms with E-state index in [-0.39, 0.29) is 6.10 Å². The van der Waals surface area contributed by atoms with Crippen molar-refractivity contribution in [2.75, 3.05) is 23.7 Å². The molecule has 3 N–H and O–H groups in total. The summed E-state index contributed by atoms with van der Waals surface area (Å²) in [6.07, 6.45) is 4.21. The topological polar surface area (TPSA) is 70.1 Å². The standard InChI is InChI=1S/C13H22N4O/c1-3-11-12(14-4-2)16-8-17-13(11)15-7-9-5-10(18)6-9/h8-10,18H,3-7H2,1-2H3,(H2,14,15,16,17). The summed E-state index contributed by atoms with van der Waals surface area (Å²) in [7, 11) is 0. The molecule has 1 heterocycles. The van der Waals surface area contributed by atoms with E-state index in [9.17, 15) is 5.11 Å². The molecule has 0 aliphatic heterocycles. The third-order valence-corrected chi connectivity index (χ3v) is 3.41. The summed E-state index contributed by atoms with van der Waals surface area (Å²) in [6, 6.07) is 0. The third kappa shape index (κ3) is 2.90. The Morgan fingerprint density at radius 2 is 1.89 bits per heavy atom. The minimum absolute atomic E-state index is 0.0924. The van der Waals surface area contributed by atoms with E-state index in [2.05, 4.69) is 34.4 Å². The average molecular weight is 250 g/mol. The average Bonchev–Trinajstić information content (AvgIpc) is 2.34. The van der Waals surface area contributed by atoms with Crippen LogP contribution in [0.2, 0.25) is 0 Å². The molecule has 5 nitrogen and oxygen atoms in total. The molecule has 100 valence electrons. The van der Waals surface area contributed by atoms with Crippen molar-refractivity contribution in [2.24, 2.45) is 5.92 Å². The van der Waals surface area contributed by atoms with Crippen LogP contribution >= 0.6 is 0 Å². The Hall–Kier alpha value is -1.36. The van der Waals surface area contributed by atoms with Crippen molar-refractivity contribution >= 4 is 11.6 Å². The minimum atomic E-state index is -0.0924. The predicted molar refractivity (Wildman–Crippen MR) is 72.8 cm³/mol. The van der Waals surface area contributed by atoms with Crippen LogP contribution in [-0.2, 0) is 6.42 Å². The van der Waals surface area contributed by atoms with Gasteiger partial charge in [-0.05, 0) is 32.1 Å². The Bertz CT molecular complexity index is 391. The summed E-state index contributed by atoms with van der Waals surface area (Å²) in [6.45, 7) is 5.91. The monoisotopic (exact) mass is 250 g/mol. The first-order chi connectivity index (χ1) is 8.74. The van der Waals surface area contributed by atoms with Crippen LogP contribution < -0.4 is 10.6 Å². The van der Waals surface area contributed by atoms with E-state index in [4.69, 9.17) is 0 Å². The molecule has 0 aromatic carbocycles. The van der Waals surface area contributed by atoms with Crippen LogP contribution in [0, 0.1) is 5.92 Å². The molecule has 1 aliphatic carbocycles. The Kier molecular flexibility index (Phi) is 4.36. The second-order valence-corrected chi connectivity index (χ2v) is 4.81. The van der Waals surface area contributed by atoms with Crippen LogP contribution in [0.5, 0.6) is 0 Å². The van der Waals surface area contributed by atoms with Gasteiger partial charge in [-0.1, -0.05) is 6.92 Å². The van der Waals surface area contributed by atoms with E-state index in [1.54, 1.807) is 6.33 Å². The largest absolute Gasteiger partial charge is 0.393 e. The van der Waals surface area contributed by atoms with Crippen molar-refractivity contribution in [1.29, 1.82) is 0 Å². The van der Waals surface area contributed by atoms with Crippen molar-refractivity contribution in [3.05, 3.63) is 11.9 Å². The van der Waals surface area contributed by atoms with E-state index >= 15 is 0 Å². The van der Waals surface area contributed by atoms with Crippen LogP contribution in [0.1, 0.15) is 32.3 Å². The summed E-state index contributed by atoms with van der Waals surface area (Å²) in [5.74, 6) is 2.42. The van der Waals surface area contributed by atoms with Crippen LogP contribution in [-0.4, -0.2) is 34.3 Å². The van der Waals surface area contributed by atoms with E-state index in [1.807, 2.05) is 0 Å². The second kappa shape index (κ2) is 6.00. The smallest absolute Gasteiger partial charge is 0.134 e. The Morgan fingerprint density at radius 3 is 2.44 bits per heavy atom. The Balaban J connectivity index is 2.00. The van der Waals surface area contributed by atoms with Crippen LogP contribution in [0.4, 0.5) is 11.6 Å². The molecule has 0 amide bonds. The van der Waals surface area contributed by atoms with Gasteiger partial charge in [-0.2, -0.15) is 0 Å². The molecule has 0 saturated heterocycles. The van der Waals surface area contributed by atoms with Gasteiger partial charge in [-0.15, -0.1) is 0 Å². The molecule has 0 spiro atoms. The zero-order valence-electron chi connectivity index (χ0n) is 11.1. The number of aromatic nitrogens is 2. The number of anilines is 2. The molecular weight excluding hydrogens is 228 g/mol. The quantitative estimate of drug-likeness (QED) is 0.716. The SMILES string of the molecule is CCNc1ncnc(NCC2CC(O)C2)c1CC. The van der Waals surface area contributed by atoms with Gasteiger partial charge in [0.2, 0.25) is 0 Å². The summed E-state index contributed by atoms with van der Waals surface area (Å²) < 4.78 is 0. The molecule has 0 unspecified atom stereocenters. The van der Waals surface area contributed by atoms with Crippen molar-refractivity contribution in [2.45, 2.75) is 39.2 Å². The maximum absolute atomic E-state index is 9.27. The van der Waals surface area contributed by atoms with E-state index in [1.165, 1.54) is 0 Å². The third-order valence-electron chi connectivity index (χ3n) is 3.41. The van der Waals surface area contributed by atoms with Crippen molar-refractivity contribution in [3.8, 4) is 0 Å². The molecule has 1 aromatic rings. The minimum Gasteiger partial charge on any atom is -0.393 e. The molecule has 0 bridgehead atoms. The summed E-state index contributed by atoms with van der Waals surface area (Å²) in [4.78, 5) is 8.59. The van der Waals surface area contributed by atoms with Crippen LogP contribution in [0.25, 0.3) is 0 Å². The zero-order chi connectivity index (χ0) is 13.0. The first-order valence-corrected chi connectivity index (χ1v) is 6.74. The number of hydrogen-bond acceptors (Lipinski definition) is 5. The molecular formula is C13H22N4O. The molecule has 1 saturated carbocycles. The van der Waals surface area contributed by atoms with Crippen molar-refractivity contribution < 1.29 is 5.11 Å². The number of rotatable bonds is 6. The highest BCUT2D eigenvalue weighted by Crippen LogP contribution is 2.28. The highest BCUT2D eigenvalue weighted by Gasteiger charge is 2.27. The molecule has 18 heavy (non-hydrogen) atoms. The Morgan fingerprint density at radius 1 is 1.22 bits per heavy atom. The molecule has 1 aliphatic rings. The van der Waals surface area contributed by atoms with Gasteiger partial charge in [-0.25, -0.2) is 9.97 Å². The van der Waals surface area contributed by atoms with E-state index < -0.39 is 0 Å². The van der Waals surface area contributed by atoms with Gasteiger partial charge in [0.05, 0.1) is 6.10 Å². The predicted octanol–water partition coefficient (Wildman–Crippen LogP) is 1.65. The number of nitrogens with one attached hydrogen (secondary N) is 2. The fraction of sp³-hybridized carbons (Fsp3) is 0.692. The maximum Gasteiger partial charge on any atom is 0.134 e. The molecule has 5 heteroatoms. The highest BCUT2D eigenvalue weighted by molar-refractivity contribution is 5.57. The molecule has 1 aromatic heterocycles. The summed E-state index contributed by atoms with van der Waals surface area (Å²) in [5.41, 5.74) is 1.14. The lowest BCUT2D eigenvalue weighted by Crippen LogP contribution is -2.33. The second-order valence-electron chi connectivity index (χ2n) is 4.81. The summed E-state index contributed by atoms with van der Waals surface area (Å²) in [5, 5.41) is 15.9. The number of aliphatic hydroxyl groups is 1. The van der Waals surface area contributed by atoms with Gasteiger partial charge >= 0.3 is 0 Å². The van der Waals surface area contributed by atoms with Gasteiger partial charge < -0.3 is 15.7 Å². The molecule has 1 fully saturated rings. The lowest BCUT2D eigenvalue weighted by Gasteiger charge is -2.31. The van der Waals surface area contributed by atoms with Gasteiger partial charge in [0, 0.05) is 18.7 Å². The normalized spacial score (nSPS) is 22.4. The first kappa shape index (κ1) is 13.1. The van der Waals surface area contributed by atoms with Gasteiger partial charge in [0.1, 0.15) is 18.0 Å². The number of nitrogens with zero attached hydrogens (tertiary/aromatic N) is 2. The van der Waals surface area contributed by atoms with E-state index in [0.29, 0.717) is 5.92 Å². The number of aliphatic hydroxyl groups excluding tert-OH is 1.